The van der Waals surface area contributed by atoms with Gasteiger partial charge in [-0.25, -0.2) is 4.79 Å². The first-order valence-electron chi connectivity index (χ1n) is 8.94. The van der Waals surface area contributed by atoms with Crippen molar-refractivity contribution in [1.29, 1.82) is 0 Å². The monoisotopic (exact) mass is 337 g/mol. The molecule has 3 fully saturated rings. The van der Waals surface area contributed by atoms with Crippen molar-refractivity contribution in [3.63, 3.8) is 0 Å². The Morgan fingerprint density at radius 3 is 2.52 bits per heavy atom. The summed E-state index contributed by atoms with van der Waals surface area (Å²) in [7, 11) is 0. The van der Waals surface area contributed by atoms with Crippen molar-refractivity contribution in [1.82, 2.24) is 14.8 Å². The van der Waals surface area contributed by atoms with Crippen LogP contribution in [0.2, 0.25) is 0 Å². The van der Waals surface area contributed by atoms with Crippen molar-refractivity contribution in [2.75, 3.05) is 26.2 Å². The van der Waals surface area contributed by atoms with E-state index in [9.17, 15) is 4.79 Å². The lowest BCUT2D eigenvalue weighted by atomic mass is 10.1. The van der Waals surface area contributed by atoms with E-state index in [-0.39, 0.29) is 6.09 Å². The lowest BCUT2D eigenvalue weighted by molar-refractivity contribution is 0.131. The number of hydrogen-bond acceptors (Lipinski definition) is 4. The summed E-state index contributed by atoms with van der Waals surface area (Å²) in [6.07, 6.45) is 1.87. The zero-order chi connectivity index (χ0) is 17.2. The fraction of sp³-hybridized carbons (Fsp3) is 0.400. The number of ether oxygens (including phenoxy) is 1. The molecule has 130 valence electrons. The fourth-order valence-corrected chi connectivity index (χ4v) is 3.68. The summed E-state index contributed by atoms with van der Waals surface area (Å²) in [4.78, 5) is 21.4. The molecule has 2 bridgehead atoms. The Kier molecular flexibility index (Phi) is 4.40. The Bertz CT molecular complexity index is 752. The van der Waals surface area contributed by atoms with E-state index in [1.54, 1.807) is 0 Å². The predicted molar refractivity (Wildman–Crippen MR) is 96.6 cm³/mol. The SMILES string of the molecule is Cc1cccc(-c2ccc(OC(=O)N3CCN4CCC3CC4)cc2)n1. The van der Waals surface area contributed by atoms with Gasteiger partial charge in [0.15, 0.2) is 0 Å². The maximum absolute atomic E-state index is 12.6. The van der Waals surface area contributed by atoms with Crippen LogP contribution in [-0.2, 0) is 0 Å². The van der Waals surface area contributed by atoms with Crippen LogP contribution in [0.25, 0.3) is 11.3 Å². The number of aromatic nitrogens is 1. The third-order valence-corrected chi connectivity index (χ3v) is 5.13. The molecule has 0 radical (unpaired) electrons. The van der Waals surface area contributed by atoms with Gasteiger partial charge in [-0.2, -0.15) is 0 Å². The quantitative estimate of drug-likeness (QED) is 0.843. The average Bonchev–Trinajstić information content (AvgIpc) is 2.96. The summed E-state index contributed by atoms with van der Waals surface area (Å²) in [5, 5.41) is 0. The minimum Gasteiger partial charge on any atom is -0.410 e. The highest BCUT2D eigenvalue weighted by Gasteiger charge is 2.32. The van der Waals surface area contributed by atoms with Gasteiger partial charge in [-0.3, -0.25) is 4.98 Å². The largest absolute Gasteiger partial charge is 0.415 e. The van der Waals surface area contributed by atoms with Crippen molar-refractivity contribution in [2.45, 2.75) is 25.8 Å². The minimum atomic E-state index is -0.227. The molecular formula is C20H23N3O2. The smallest absolute Gasteiger partial charge is 0.410 e. The van der Waals surface area contributed by atoms with Gasteiger partial charge < -0.3 is 14.5 Å². The van der Waals surface area contributed by atoms with E-state index in [4.69, 9.17) is 4.74 Å². The Balaban J connectivity index is 1.45. The molecule has 5 rings (SSSR count). The number of carbonyl (C=O) groups excluding carboxylic acids is 1. The number of nitrogens with zero attached hydrogens (tertiary/aromatic N) is 3. The molecule has 2 aromatic rings. The zero-order valence-corrected chi connectivity index (χ0v) is 14.5. The van der Waals surface area contributed by atoms with Gasteiger partial charge >= 0.3 is 6.09 Å². The number of hydrogen-bond donors (Lipinski definition) is 0. The number of piperidine rings is 1. The van der Waals surface area contributed by atoms with Gasteiger partial charge in [-0.1, -0.05) is 6.07 Å². The number of rotatable bonds is 2. The van der Waals surface area contributed by atoms with E-state index >= 15 is 0 Å². The maximum atomic E-state index is 12.6. The molecule has 4 heterocycles. The Hall–Kier alpha value is -2.40. The van der Waals surface area contributed by atoms with Gasteiger partial charge in [0, 0.05) is 43.5 Å². The van der Waals surface area contributed by atoms with Crippen LogP contribution in [0.1, 0.15) is 18.5 Å². The second-order valence-corrected chi connectivity index (χ2v) is 6.82. The molecule has 0 unspecified atom stereocenters. The van der Waals surface area contributed by atoms with Crippen LogP contribution in [0.15, 0.2) is 42.5 Å². The van der Waals surface area contributed by atoms with Gasteiger partial charge in [0.05, 0.1) is 5.69 Å². The van der Waals surface area contributed by atoms with Crippen LogP contribution in [-0.4, -0.2) is 53.1 Å². The van der Waals surface area contributed by atoms with Crippen molar-refractivity contribution < 1.29 is 9.53 Å². The summed E-state index contributed by atoms with van der Waals surface area (Å²) >= 11 is 0. The number of fused-ring (bicyclic) bond motifs is 4. The van der Waals surface area contributed by atoms with E-state index in [1.165, 1.54) is 0 Å². The van der Waals surface area contributed by atoms with Gasteiger partial charge in [0.1, 0.15) is 5.75 Å². The van der Waals surface area contributed by atoms with Crippen LogP contribution in [0.4, 0.5) is 4.79 Å². The van der Waals surface area contributed by atoms with Crippen molar-refractivity contribution in [2.24, 2.45) is 0 Å². The topological polar surface area (TPSA) is 45.7 Å². The molecule has 3 aliphatic heterocycles. The highest BCUT2D eigenvalue weighted by Crippen LogP contribution is 2.24. The molecule has 1 amide bonds. The van der Waals surface area contributed by atoms with Gasteiger partial charge in [-0.05, 0) is 56.2 Å². The van der Waals surface area contributed by atoms with Crippen LogP contribution in [0.3, 0.4) is 0 Å². The Morgan fingerprint density at radius 2 is 1.80 bits per heavy atom. The maximum Gasteiger partial charge on any atom is 0.415 e. The number of benzene rings is 1. The molecule has 3 saturated heterocycles. The summed E-state index contributed by atoms with van der Waals surface area (Å²) < 4.78 is 5.62. The van der Waals surface area contributed by atoms with Crippen molar-refractivity contribution >= 4 is 6.09 Å². The Morgan fingerprint density at radius 1 is 1.04 bits per heavy atom. The molecule has 3 aliphatic rings. The van der Waals surface area contributed by atoms with Crippen molar-refractivity contribution in [3.8, 4) is 17.0 Å². The first-order chi connectivity index (χ1) is 12.2. The van der Waals surface area contributed by atoms with Crippen LogP contribution >= 0.6 is 0 Å². The molecule has 5 nitrogen and oxygen atoms in total. The molecule has 5 heteroatoms. The molecule has 0 aliphatic carbocycles. The lowest BCUT2D eigenvalue weighted by Gasteiger charge is -2.30. The second kappa shape index (κ2) is 6.84. The molecule has 0 spiro atoms. The molecule has 0 saturated carbocycles. The highest BCUT2D eigenvalue weighted by molar-refractivity contribution is 5.71. The van der Waals surface area contributed by atoms with Gasteiger partial charge in [0.2, 0.25) is 0 Å². The molecule has 1 aromatic heterocycles. The van der Waals surface area contributed by atoms with E-state index in [2.05, 4.69) is 9.88 Å². The number of pyridine rings is 1. The summed E-state index contributed by atoms with van der Waals surface area (Å²) in [5.41, 5.74) is 2.93. The average molecular weight is 337 g/mol. The predicted octanol–water partition coefficient (Wildman–Crippen LogP) is 3.34. The number of aryl methyl sites for hydroxylation is 1. The number of carbonyl (C=O) groups is 1. The third-order valence-electron chi connectivity index (χ3n) is 5.13. The highest BCUT2D eigenvalue weighted by atomic mass is 16.6. The van der Waals surface area contributed by atoms with E-state index in [0.717, 1.165) is 56.0 Å². The zero-order valence-electron chi connectivity index (χ0n) is 14.5. The van der Waals surface area contributed by atoms with Gasteiger partial charge in [-0.15, -0.1) is 0 Å². The minimum absolute atomic E-state index is 0.227. The lowest BCUT2D eigenvalue weighted by Crippen LogP contribution is -2.43. The first kappa shape index (κ1) is 16.1. The number of amides is 1. The van der Waals surface area contributed by atoms with Crippen LogP contribution in [0, 0.1) is 6.92 Å². The van der Waals surface area contributed by atoms with Crippen LogP contribution in [0.5, 0.6) is 5.75 Å². The first-order valence-corrected chi connectivity index (χ1v) is 8.94. The van der Waals surface area contributed by atoms with Gasteiger partial charge in [0.25, 0.3) is 0 Å². The Labute approximate surface area is 148 Å². The summed E-state index contributed by atoms with van der Waals surface area (Å²) in [5.74, 6) is 0.584. The normalized spacial score (nSPS) is 22.5. The molecular weight excluding hydrogens is 314 g/mol. The standard InChI is InChI=1S/C20H23N3O2/c1-15-3-2-4-19(21-15)16-5-7-18(8-6-16)25-20(24)23-14-13-22-11-9-17(23)10-12-22/h2-8,17H,9-14H2,1H3. The fourth-order valence-electron chi connectivity index (χ4n) is 3.68. The molecule has 1 aromatic carbocycles. The van der Waals surface area contributed by atoms with E-state index in [1.807, 2.05) is 54.3 Å². The van der Waals surface area contributed by atoms with E-state index in [0.29, 0.717) is 11.8 Å². The van der Waals surface area contributed by atoms with Crippen LogP contribution < -0.4 is 4.74 Å². The third kappa shape index (κ3) is 3.51. The summed E-state index contributed by atoms with van der Waals surface area (Å²) in [6.45, 7) is 5.86. The molecule has 0 N–H and O–H groups in total. The van der Waals surface area contributed by atoms with E-state index < -0.39 is 0 Å². The molecule has 0 atom stereocenters. The molecule has 25 heavy (non-hydrogen) atoms. The summed E-state index contributed by atoms with van der Waals surface area (Å²) in [6, 6.07) is 13.9. The second-order valence-electron chi connectivity index (χ2n) is 6.82. The van der Waals surface area contributed by atoms with Crippen molar-refractivity contribution in [3.05, 3.63) is 48.2 Å².